The van der Waals surface area contributed by atoms with Gasteiger partial charge in [-0.15, -0.1) is 0 Å². The Morgan fingerprint density at radius 1 is 1.33 bits per heavy atom. The number of fused-ring (bicyclic) bond motifs is 1. The minimum absolute atomic E-state index is 0.0397. The number of benzene rings is 1. The Hall–Kier alpha value is -2.77. The van der Waals surface area contributed by atoms with Crippen molar-refractivity contribution in [1.82, 2.24) is 25.4 Å². The molecule has 3 rings (SSSR count). The van der Waals surface area contributed by atoms with Crippen molar-refractivity contribution in [2.45, 2.75) is 45.4 Å². The zero-order valence-corrected chi connectivity index (χ0v) is 16.2. The summed E-state index contributed by atoms with van der Waals surface area (Å²) in [5.74, 6) is 3.48. The minimum Gasteiger partial charge on any atom is -0.497 e. The lowest BCUT2D eigenvalue weighted by Gasteiger charge is -2.25. The van der Waals surface area contributed by atoms with Crippen molar-refractivity contribution >= 4 is 5.96 Å². The maximum absolute atomic E-state index is 5.93. The average molecular weight is 372 g/mol. The van der Waals surface area contributed by atoms with Crippen LogP contribution in [-0.2, 0) is 13.0 Å². The van der Waals surface area contributed by atoms with Gasteiger partial charge in [-0.25, -0.2) is 14.7 Å². The number of nitrogens with one attached hydrogen (secondary N) is 2. The number of hydrogen-bond acceptors (Lipinski definition) is 5. The van der Waals surface area contributed by atoms with Crippen LogP contribution in [0.1, 0.15) is 26.1 Å². The highest BCUT2D eigenvalue weighted by Gasteiger charge is 2.20. The fourth-order valence-electron chi connectivity index (χ4n) is 3.01. The number of aliphatic imine (C=N–C) groups is 1. The Kier molecular flexibility index (Phi) is 6.51. The highest BCUT2D eigenvalue weighted by atomic mass is 16.5. The Morgan fingerprint density at radius 3 is 2.85 bits per heavy atom. The van der Waals surface area contributed by atoms with E-state index in [1.165, 1.54) is 0 Å². The third-order valence-corrected chi connectivity index (χ3v) is 4.39. The number of aromatic nitrogens is 3. The van der Waals surface area contributed by atoms with E-state index in [1.54, 1.807) is 13.4 Å². The van der Waals surface area contributed by atoms with Gasteiger partial charge in [0.1, 0.15) is 29.8 Å². The zero-order valence-electron chi connectivity index (χ0n) is 16.2. The van der Waals surface area contributed by atoms with Gasteiger partial charge in [0.2, 0.25) is 0 Å². The van der Waals surface area contributed by atoms with Crippen molar-refractivity contribution in [3.8, 4) is 11.5 Å². The maximum atomic E-state index is 5.93. The van der Waals surface area contributed by atoms with Crippen molar-refractivity contribution in [3.63, 3.8) is 0 Å². The van der Waals surface area contributed by atoms with E-state index in [9.17, 15) is 0 Å². The van der Waals surface area contributed by atoms with Gasteiger partial charge in [0.25, 0.3) is 0 Å². The van der Waals surface area contributed by atoms with Gasteiger partial charge in [-0.05, 0) is 44.5 Å². The molecule has 2 aromatic rings. The molecular weight excluding hydrogens is 344 g/mol. The number of aryl methyl sites for hydroxylation is 1. The van der Waals surface area contributed by atoms with Crippen molar-refractivity contribution in [1.29, 1.82) is 0 Å². The number of hydrogen-bond donors (Lipinski definition) is 2. The molecule has 1 aromatic carbocycles. The van der Waals surface area contributed by atoms with Crippen LogP contribution in [0.2, 0.25) is 0 Å². The molecule has 8 heteroatoms. The lowest BCUT2D eigenvalue weighted by Crippen LogP contribution is -2.47. The van der Waals surface area contributed by atoms with E-state index in [2.05, 4.69) is 32.6 Å². The average Bonchev–Trinajstić information content (AvgIpc) is 3.15. The fraction of sp³-hybridized carbons (Fsp3) is 0.526. The summed E-state index contributed by atoms with van der Waals surface area (Å²) in [6.45, 7) is 6.24. The predicted octanol–water partition coefficient (Wildman–Crippen LogP) is 1.62. The molecule has 0 spiro atoms. The second-order valence-corrected chi connectivity index (χ2v) is 6.56. The van der Waals surface area contributed by atoms with Gasteiger partial charge in [0.15, 0.2) is 5.96 Å². The highest BCUT2D eigenvalue weighted by molar-refractivity contribution is 5.80. The number of rotatable bonds is 7. The van der Waals surface area contributed by atoms with Gasteiger partial charge in [-0.3, -0.25) is 0 Å². The van der Waals surface area contributed by atoms with Crippen LogP contribution in [0.25, 0.3) is 0 Å². The molecular formula is C19H28N6O2. The van der Waals surface area contributed by atoms with E-state index in [-0.39, 0.29) is 12.1 Å². The molecule has 146 valence electrons. The Labute approximate surface area is 160 Å². The Morgan fingerprint density at radius 2 is 2.11 bits per heavy atom. The first kappa shape index (κ1) is 19.0. The van der Waals surface area contributed by atoms with E-state index in [0.29, 0.717) is 6.54 Å². The molecule has 0 aliphatic carbocycles. The largest absolute Gasteiger partial charge is 0.497 e. The molecule has 1 aliphatic rings. The summed E-state index contributed by atoms with van der Waals surface area (Å²) in [6.07, 6.45) is 3.52. The summed E-state index contributed by atoms with van der Waals surface area (Å²) < 4.78 is 13.1. The summed E-state index contributed by atoms with van der Waals surface area (Å²) >= 11 is 0. The number of nitrogens with zero attached hydrogens (tertiary/aromatic N) is 4. The van der Waals surface area contributed by atoms with E-state index in [4.69, 9.17) is 9.47 Å². The first-order valence-electron chi connectivity index (χ1n) is 9.40. The molecule has 0 saturated heterocycles. The van der Waals surface area contributed by atoms with Crippen LogP contribution in [0.4, 0.5) is 0 Å². The van der Waals surface area contributed by atoms with Gasteiger partial charge in [0, 0.05) is 19.0 Å². The van der Waals surface area contributed by atoms with Gasteiger partial charge >= 0.3 is 0 Å². The maximum Gasteiger partial charge on any atom is 0.191 e. The lowest BCUT2D eigenvalue weighted by atomic mass is 10.1. The first-order valence-corrected chi connectivity index (χ1v) is 9.40. The fourth-order valence-corrected chi connectivity index (χ4v) is 3.01. The third kappa shape index (κ3) is 5.35. The Bertz CT molecular complexity index is 743. The molecule has 27 heavy (non-hydrogen) atoms. The molecule has 1 aliphatic heterocycles. The first-order chi connectivity index (χ1) is 13.2. The number of methoxy groups -OCH3 is 1. The molecule has 0 amide bonds. The third-order valence-electron chi connectivity index (χ3n) is 4.39. The van der Waals surface area contributed by atoms with Crippen LogP contribution >= 0.6 is 0 Å². The van der Waals surface area contributed by atoms with Crippen LogP contribution in [-0.4, -0.2) is 53.1 Å². The quantitative estimate of drug-likeness (QED) is 0.568. The van der Waals surface area contributed by atoms with Gasteiger partial charge in [-0.1, -0.05) is 0 Å². The van der Waals surface area contributed by atoms with Crippen LogP contribution in [0, 0.1) is 0 Å². The van der Waals surface area contributed by atoms with Crippen LogP contribution < -0.4 is 20.1 Å². The topological polar surface area (TPSA) is 85.6 Å². The smallest absolute Gasteiger partial charge is 0.191 e. The molecule has 0 bridgehead atoms. The van der Waals surface area contributed by atoms with Crippen LogP contribution in [0.15, 0.2) is 35.6 Å². The van der Waals surface area contributed by atoms with E-state index in [1.807, 2.05) is 35.9 Å². The van der Waals surface area contributed by atoms with Gasteiger partial charge < -0.3 is 20.1 Å². The molecule has 2 atom stereocenters. The summed E-state index contributed by atoms with van der Waals surface area (Å²) in [5, 5.41) is 11.1. The van der Waals surface area contributed by atoms with E-state index < -0.39 is 0 Å². The molecule has 0 radical (unpaired) electrons. The molecule has 2 N–H and O–H groups in total. The van der Waals surface area contributed by atoms with Crippen molar-refractivity contribution < 1.29 is 9.47 Å². The molecule has 0 fully saturated rings. The molecule has 0 saturated carbocycles. The van der Waals surface area contributed by atoms with E-state index in [0.717, 1.165) is 49.2 Å². The monoisotopic (exact) mass is 372 g/mol. The van der Waals surface area contributed by atoms with Gasteiger partial charge in [-0.2, -0.15) is 5.10 Å². The number of ether oxygens (including phenoxy) is 2. The molecule has 8 nitrogen and oxygen atoms in total. The lowest BCUT2D eigenvalue weighted by molar-refractivity contribution is 0.230. The summed E-state index contributed by atoms with van der Waals surface area (Å²) in [6, 6.07) is 7.87. The number of guanidine groups is 1. The van der Waals surface area contributed by atoms with Crippen molar-refractivity contribution in [2.24, 2.45) is 4.99 Å². The van der Waals surface area contributed by atoms with Crippen molar-refractivity contribution in [2.75, 3.05) is 20.2 Å². The predicted molar refractivity (Wildman–Crippen MR) is 104 cm³/mol. The second kappa shape index (κ2) is 9.25. The second-order valence-electron chi connectivity index (χ2n) is 6.56. The standard InChI is InChI=1S/C19H28N6O2/c1-4-20-19(24-15-5-10-18-22-13-23-25(18)12-15)21-11-14(2)27-17-8-6-16(26-3)7-9-17/h6-9,13-15H,4-5,10-12H2,1-3H3,(H2,20,21,24). The van der Waals surface area contributed by atoms with Gasteiger partial charge in [0.05, 0.1) is 20.2 Å². The molecule has 2 unspecified atom stereocenters. The SMILES string of the molecule is CCNC(=NCC(C)Oc1ccc(OC)cc1)NC1CCc2ncnn2C1. The van der Waals surface area contributed by atoms with E-state index >= 15 is 0 Å². The molecule has 2 heterocycles. The van der Waals surface area contributed by atoms with Crippen LogP contribution in [0.3, 0.4) is 0 Å². The van der Waals surface area contributed by atoms with Crippen LogP contribution in [0.5, 0.6) is 11.5 Å². The summed E-state index contributed by atoms with van der Waals surface area (Å²) in [4.78, 5) is 8.95. The zero-order chi connectivity index (χ0) is 19.1. The Balaban J connectivity index is 1.53. The normalized spacial score (nSPS) is 17.7. The van der Waals surface area contributed by atoms with Crippen molar-refractivity contribution in [3.05, 3.63) is 36.4 Å². The summed E-state index contributed by atoms with van der Waals surface area (Å²) in [5.41, 5.74) is 0. The highest BCUT2D eigenvalue weighted by Crippen LogP contribution is 2.18. The molecule has 1 aromatic heterocycles. The summed E-state index contributed by atoms with van der Waals surface area (Å²) in [7, 11) is 1.65. The minimum atomic E-state index is -0.0397.